The van der Waals surface area contributed by atoms with E-state index < -0.39 is 17.4 Å². The quantitative estimate of drug-likeness (QED) is 0.281. The van der Waals surface area contributed by atoms with E-state index in [1.807, 2.05) is 0 Å². The van der Waals surface area contributed by atoms with E-state index in [9.17, 15) is 24.0 Å². The lowest BCUT2D eigenvalue weighted by molar-refractivity contribution is -0.131. The molecule has 2 N–H and O–H groups in total. The molecule has 4 amide bonds. The molecule has 0 radical (unpaired) electrons. The van der Waals surface area contributed by atoms with Gasteiger partial charge in [0.05, 0.1) is 11.1 Å². The molecule has 0 bridgehead atoms. The fourth-order valence-corrected chi connectivity index (χ4v) is 3.55. The number of nitrogens with zero attached hydrogens (tertiary/aromatic N) is 1. The van der Waals surface area contributed by atoms with Gasteiger partial charge in [-0.05, 0) is 63.6 Å². The molecule has 0 spiro atoms. The maximum Gasteiger partial charge on any atom is 0.308 e. The van der Waals surface area contributed by atoms with Crippen molar-refractivity contribution in [2.75, 3.05) is 13.1 Å². The van der Waals surface area contributed by atoms with Gasteiger partial charge in [0.15, 0.2) is 0 Å². The molecular weight excluding hydrogens is 438 g/mol. The highest BCUT2D eigenvalue weighted by Gasteiger charge is 2.42. The molecule has 0 saturated heterocycles. The van der Waals surface area contributed by atoms with Gasteiger partial charge in [0.2, 0.25) is 0 Å². The molecule has 0 aliphatic carbocycles. The molecule has 1 heterocycles. The standard InChI is InChI=1S/C25H27N3O6/c1-15(29)34-18-8-5-7-16(13-18)21(30)26-11-6-12-27-22(31)17-9-10-19-20(14-17)24(33)28(23(19)32)25(2,3)4/h5,7-10,13-14H,6,11-12H2,1-4H3,(H,26,30)(H,27,31). The van der Waals surface area contributed by atoms with Crippen LogP contribution in [0.3, 0.4) is 0 Å². The van der Waals surface area contributed by atoms with E-state index in [4.69, 9.17) is 4.74 Å². The summed E-state index contributed by atoms with van der Waals surface area (Å²) in [4.78, 5) is 62.3. The zero-order valence-corrected chi connectivity index (χ0v) is 19.6. The first-order valence-corrected chi connectivity index (χ1v) is 10.9. The van der Waals surface area contributed by atoms with Crippen molar-refractivity contribution in [3.63, 3.8) is 0 Å². The van der Waals surface area contributed by atoms with Crippen LogP contribution in [0.25, 0.3) is 0 Å². The summed E-state index contributed by atoms with van der Waals surface area (Å²) in [5.41, 5.74) is 0.473. The van der Waals surface area contributed by atoms with Crippen molar-refractivity contribution in [1.82, 2.24) is 15.5 Å². The summed E-state index contributed by atoms with van der Waals surface area (Å²) in [5, 5.41) is 5.48. The molecule has 0 atom stereocenters. The second kappa shape index (κ2) is 9.86. The molecule has 9 heteroatoms. The van der Waals surface area contributed by atoms with Gasteiger partial charge in [-0.3, -0.25) is 28.9 Å². The van der Waals surface area contributed by atoms with E-state index >= 15 is 0 Å². The number of ether oxygens (including phenoxy) is 1. The van der Waals surface area contributed by atoms with Gasteiger partial charge in [-0.2, -0.15) is 0 Å². The zero-order chi connectivity index (χ0) is 25.0. The van der Waals surface area contributed by atoms with Crippen molar-refractivity contribution in [3.05, 3.63) is 64.7 Å². The first-order valence-electron chi connectivity index (χ1n) is 10.9. The monoisotopic (exact) mass is 465 g/mol. The van der Waals surface area contributed by atoms with Crippen LogP contribution < -0.4 is 15.4 Å². The van der Waals surface area contributed by atoms with Crippen LogP contribution in [0.4, 0.5) is 0 Å². The number of amides is 4. The summed E-state index contributed by atoms with van der Waals surface area (Å²) in [6.07, 6.45) is 0.473. The average molecular weight is 466 g/mol. The minimum absolute atomic E-state index is 0.218. The van der Waals surface area contributed by atoms with E-state index in [0.717, 1.165) is 0 Å². The van der Waals surface area contributed by atoms with Crippen LogP contribution >= 0.6 is 0 Å². The number of esters is 1. The molecule has 0 aromatic heterocycles. The Bertz CT molecular complexity index is 1170. The summed E-state index contributed by atoms with van der Waals surface area (Å²) in [6.45, 7) is 7.22. The van der Waals surface area contributed by atoms with Crippen LogP contribution in [0.1, 0.15) is 75.5 Å². The summed E-state index contributed by atoms with van der Waals surface area (Å²) >= 11 is 0. The SMILES string of the molecule is CC(=O)Oc1cccc(C(=O)NCCCNC(=O)c2ccc3c(c2)C(=O)N(C(C)(C)C)C3=O)c1. The number of carbonyl (C=O) groups is 5. The van der Waals surface area contributed by atoms with Gasteiger partial charge < -0.3 is 15.4 Å². The van der Waals surface area contributed by atoms with Crippen LogP contribution in [0.2, 0.25) is 0 Å². The first-order chi connectivity index (χ1) is 16.0. The molecule has 1 aliphatic heterocycles. The van der Waals surface area contributed by atoms with E-state index in [2.05, 4.69) is 10.6 Å². The molecule has 2 aromatic rings. The van der Waals surface area contributed by atoms with Gasteiger partial charge in [-0.1, -0.05) is 6.07 Å². The predicted octanol–water partition coefficient (Wildman–Crippen LogP) is 2.56. The Kier molecular flexibility index (Phi) is 7.14. The van der Waals surface area contributed by atoms with Crippen molar-refractivity contribution in [2.45, 2.75) is 39.7 Å². The third kappa shape index (κ3) is 5.48. The molecule has 0 unspecified atom stereocenters. The number of hydrogen-bond acceptors (Lipinski definition) is 6. The van der Waals surface area contributed by atoms with Crippen molar-refractivity contribution in [1.29, 1.82) is 0 Å². The maximum absolute atomic E-state index is 12.7. The molecule has 178 valence electrons. The minimum Gasteiger partial charge on any atom is -0.427 e. The van der Waals surface area contributed by atoms with Crippen molar-refractivity contribution >= 4 is 29.6 Å². The fourth-order valence-electron chi connectivity index (χ4n) is 3.55. The molecule has 1 aliphatic rings. The smallest absolute Gasteiger partial charge is 0.308 e. The van der Waals surface area contributed by atoms with Gasteiger partial charge in [0, 0.05) is 36.7 Å². The summed E-state index contributed by atoms with van der Waals surface area (Å²) < 4.78 is 4.97. The van der Waals surface area contributed by atoms with Crippen LogP contribution in [0.5, 0.6) is 5.75 Å². The minimum atomic E-state index is -0.665. The number of benzene rings is 2. The molecule has 0 saturated carbocycles. The Labute approximate surface area is 197 Å². The van der Waals surface area contributed by atoms with Crippen molar-refractivity contribution < 1.29 is 28.7 Å². The second-order valence-electron chi connectivity index (χ2n) is 8.86. The van der Waals surface area contributed by atoms with E-state index in [-0.39, 0.29) is 40.2 Å². The number of rotatable bonds is 7. The number of fused-ring (bicyclic) bond motifs is 1. The van der Waals surface area contributed by atoms with E-state index in [1.165, 1.54) is 36.1 Å². The van der Waals surface area contributed by atoms with Gasteiger partial charge in [-0.15, -0.1) is 0 Å². The highest BCUT2D eigenvalue weighted by Crippen LogP contribution is 2.29. The Morgan fingerprint density at radius 2 is 1.44 bits per heavy atom. The first kappa shape index (κ1) is 24.6. The highest BCUT2D eigenvalue weighted by molar-refractivity contribution is 6.22. The van der Waals surface area contributed by atoms with Crippen LogP contribution in [-0.4, -0.2) is 53.1 Å². The Hall–Kier alpha value is -4.01. The third-order valence-electron chi connectivity index (χ3n) is 5.10. The van der Waals surface area contributed by atoms with E-state index in [0.29, 0.717) is 25.1 Å². The highest BCUT2D eigenvalue weighted by atomic mass is 16.5. The molecule has 0 fully saturated rings. The van der Waals surface area contributed by atoms with Gasteiger partial charge in [0.25, 0.3) is 23.6 Å². The Morgan fingerprint density at radius 1 is 0.853 bits per heavy atom. The molecule has 3 rings (SSSR count). The normalized spacial score (nSPS) is 12.9. The van der Waals surface area contributed by atoms with Gasteiger partial charge in [-0.25, -0.2) is 0 Å². The summed E-state index contributed by atoms with van der Waals surface area (Å²) in [6, 6.07) is 10.7. The Morgan fingerprint density at radius 3 is 2.03 bits per heavy atom. The lowest BCUT2D eigenvalue weighted by atomic mass is 10.1. The number of carbonyl (C=O) groups excluding carboxylic acids is 5. The fraction of sp³-hybridized carbons (Fsp3) is 0.320. The van der Waals surface area contributed by atoms with Crippen molar-refractivity contribution in [2.24, 2.45) is 0 Å². The molecule has 9 nitrogen and oxygen atoms in total. The summed E-state index contributed by atoms with van der Waals surface area (Å²) in [5.74, 6) is -1.67. The van der Waals surface area contributed by atoms with Crippen LogP contribution in [0.15, 0.2) is 42.5 Å². The molecule has 34 heavy (non-hydrogen) atoms. The lowest BCUT2D eigenvalue weighted by Crippen LogP contribution is -2.45. The average Bonchev–Trinajstić information content (AvgIpc) is 3.02. The van der Waals surface area contributed by atoms with Crippen LogP contribution in [-0.2, 0) is 4.79 Å². The largest absolute Gasteiger partial charge is 0.427 e. The Balaban J connectivity index is 1.50. The predicted molar refractivity (Wildman–Crippen MR) is 124 cm³/mol. The number of imide groups is 1. The number of nitrogens with one attached hydrogen (secondary N) is 2. The summed E-state index contributed by atoms with van der Waals surface area (Å²) in [7, 11) is 0. The molecular formula is C25H27N3O6. The third-order valence-corrected chi connectivity index (χ3v) is 5.10. The zero-order valence-electron chi connectivity index (χ0n) is 19.6. The van der Waals surface area contributed by atoms with Gasteiger partial charge >= 0.3 is 5.97 Å². The number of hydrogen-bond donors (Lipinski definition) is 2. The molecule has 2 aromatic carbocycles. The van der Waals surface area contributed by atoms with Crippen molar-refractivity contribution in [3.8, 4) is 5.75 Å². The van der Waals surface area contributed by atoms with Gasteiger partial charge in [0.1, 0.15) is 5.75 Å². The topological polar surface area (TPSA) is 122 Å². The second-order valence-corrected chi connectivity index (χ2v) is 8.86. The lowest BCUT2D eigenvalue weighted by Gasteiger charge is -2.29. The van der Waals surface area contributed by atoms with E-state index in [1.54, 1.807) is 39.0 Å². The van der Waals surface area contributed by atoms with Crippen LogP contribution in [0, 0.1) is 0 Å². The maximum atomic E-state index is 12.7.